The van der Waals surface area contributed by atoms with Crippen LogP contribution in [0.1, 0.15) is 6.92 Å². The predicted octanol–water partition coefficient (Wildman–Crippen LogP) is 2.85. The molecule has 0 bridgehead atoms. The monoisotopic (exact) mass is 339 g/mol. The second-order valence-electron chi connectivity index (χ2n) is 5.09. The Labute approximate surface area is 144 Å². The summed E-state index contributed by atoms with van der Waals surface area (Å²) in [6.07, 6.45) is 1.04. The fourth-order valence-electron chi connectivity index (χ4n) is 2.27. The van der Waals surface area contributed by atoms with Crippen LogP contribution in [0.25, 0.3) is 22.3 Å². The molecule has 25 heavy (non-hydrogen) atoms. The third-order valence-electron chi connectivity index (χ3n) is 3.45. The zero-order chi connectivity index (χ0) is 17.8. The maximum absolute atomic E-state index is 11.5. The van der Waals surface area contributed by atoms with Crippen molar-refractivity contribution in [2.45, 2.75) is 6.92 Å². The summed E-state index contributed by atoms with van der Waals surface area (Å²) in [5.41, 5.74) is 8.50. The highest BCUT2D eigenvalue weighted by Crippen LogP contribution is 2.25. The second-order valence-corrected chi connectivity index (χ2v) is 5.09. The normalized spacial score (nSPS) is 10.5. The lowest BCUT2D eigenvalue weighted by molar-refractivity contribution is 0.168. The van der Waals surface area contributed by atoms with E-state index in [1.165, 1.54) is 0 Å². The van der Waals surface area contributed by atoms with Crippen LogP contribution < -0.4 is 15.8 Å². The number of rotatable bonds is 4. The summed E-state index contributed by atoms with van der Waals surface area (Å²) >= 11 is 0. The van der Waals surface area contributed by atoms with Gasteiger partial charge in [-0.05, 0) is 31.2 Å². The second kappa shape index (κ2) is 7.00. The van der Waals surface area contributed by atoms with E-state index in [1.807, 2.05) is 24.3 Å². The number of carbonyl (C=O) groups is 1. The Kier molecular flexibility index (Phi) is 4.60. The Hall–Kier alpha value is -3.42. The van der Waals surface area contributed by atoms with Gasteiger partial charge in [-0.15, -0.1) is 0 Å². The molecule has 8 heteroatoms. The quantitative estimate of drug-likeness (QED) is 0.751. The van der Waals surface area contributed by atoms with E-state index in [4.69, 9.17) is 15.2 Å². The van der Waals surface area contributed by atoms with Gasteiger partial charge >= 0.3 is 6.09 Å². The Morgan fingerprint density at radius 3 is 2.68 bits per heavy atom. The van der Waals surface area contributed by atoms with E-state index in [0.29, 0.717) is 16.7 Å². The number of nitrogens with two attached hydrogens (primary N) is 1. The lowest BCUT2D eigenvalue weighted by Gasteiger charge is -2.08. The molecule has 128 valence electrons. The van der Waals surface area contributed by atoms with Crippen molar-refractivity contribution >= 4 is 28.8 Å². The van der Waals surface area contributed by atoms with Crippen LogP contribution in [0.2, 0.25) is 0 Å². The molecule has 0 saturated carbocycles. The third-order valence-corrected chi connectivity index (χ3v) is 3.45. The Morgan fingerprint density at radius 1 is 1.24 bits per heavy atom. The minimum Gasteiger partial charge on any atom is -0.497 e. The first-order chi connectivity index (χ1) is 12.1. The summed E-state index contributed by atoms with van der Waals surface area (Å²) < 4.78 is 9.96. The fourth-order valence-corrected chi connectivity index (χ4v) is 2.27. The lowest BCUT2D eigenvalue weighted by atomic mass is 10.1. The summed E-state index contributed by atoms with van der Waals surface area (Å²) in [4.78, 5) is 24.5. The van der Waals surface area contributed by atoms with Gasteiger partial charge in [0.1, 0.15) is 17.1 Å². The van der Waals surface area contributed by atoms with Crippen LogP contribution >= 0.6 is 0 Å². The van der Waals surface area contributed by atoms with Gasteiger partial charge < -0.3 is 15.2 Å². The van der Waals surface area contributed by atoms with Crippen molar-refractivity contribution in [1.29, 1.82) is 0 Å². The lowest BCUT2D eigenvalue weighted by Crippen LogP contribution is -2.15. The number of anilines is 2. The highest BCUT2D eigenvalue weighted by molar-refractivity contribution is 5.91. The third kappa shape index (κ3) is 3.57. The van der Waals surface area contributed by atoms with Gasteiger partial charge in [0.05, 0.1) is 31.1 Å². The number of nitrogens with one attached hydrogen (secondary N) is 1. The average Bonchev–Trinajstić information content (AvgIpc) is 2.62. The average molecular weight is 339 g/mol. The van der Waals surface area contributed by atoms with Gasteiger partial charge in [0.2, 0.25) is 0 Å². The first-order valence-corrected chi connectivity index (χ1v) is 7.62. The number of hydrogen-bond acceptors (Lipinski definition) is 7. The van der Waals surface area contributed by atoms with Crippen LogP contribution in [0.4, 0.5) is 16.4 Å². The molecular weight excluding hydrogens is 322 g/mol. The van der Waals surface area contributed by atoms with Crippen molar-refractivity contribution in [1.82, 2.24) is 15.0 Å². The molecule has 0 radical (unpaired) electrons. The molecule has 8 nitrogen and oxygen atoms in total. The molecule has 0 spiro atoms. The number of amides is 1. The summed E-state index contributed by atoms with van der Waals surface area (Å²) in [7, 11) is 1.61. The van der Waals surface area contributed by atoms with E-state index in [9.17, 15) is 4.79 Å². The number of fused-ring (bicyclic) bond motifs is 1. The molecule has 3 N–H and O–H groups in total. The molecule has 0 unspecified atom stereocenters. The number of nitrogens with zero attached hydrogens (tertiary/aromatic N) is 3. The van der Waals surface area contributed by atoms with Gasteiger partial charge in [-0.2, -0.15) is 0 Å². The molecule has 3 aromatic rings. The van der Waals surface area contributed by atoms with E-state index in [0.717, 1.165) is 11.3 Å². The number of ether oxygens (including phenoxy) is 2. The van der Waals surface area contributed by atoms with Crippen LogP contribution in [0, 0.1) is 0 Å². The number of carbonyl (C=O) groups excluding carboxylic acids is 1. The number of hydrogen-bond donors (Lipinski definition) is 2. The van der Waals surface area contributed by atoms with Crippen LogP contribution in [0.15, 0.2) is 36.5 Å². The van der Waals surface area contributed by atoms with Crippen LogP contribution in [-0.4, -0.2) is 34.8 Å². The Bertz CT molecular complexity index is 912. The molecular formula is C17H17N5O3. The zero-order valence-electron chi connectivity index (χ0n) is 13.8. The number of methoxy groups -OCH3 is 1. The van der Waals surface area contributed by atoms with Crippen molar-refractivity contribution < 1.29 is 14.3 Å². The Morgan fingerprint density at radius 2 is 2.00 bits per heavy atom. The van der Waals surface area contributed by atoms with Gasteiger partial charge in [-0.25, -0.2) is 14.8 Å². The first-order valence-electron chi connectivity index (χ1n) is 7.62. The maximum Gasteiger partial charge on any atom is 0.412 e. The molecule has 0 aliphatic rings. The number of benzene rings is 1. The smallest absolute Gasteiger partial charge is 0.412 e. The number of pyridine rings is 1. The van der Waals surface area contributed by atoms with E-state index in [-0.39, 0.29) is 18.2 Å². The minimum atomic E-state index is -0.600. The number of aromatic nitrogens is 3. The van der Waals surface area contributed by atoms with Crippen molar-refractivity contribution in [2.75, 3.05) is 24.8 Å². The molecule has 0 saturated heterocycles. The fraction of sp³-hybridized carbons (Fsp3) is 0.176. The van der Waals surface area contributed by atoms with Gasteiger partial charge in [0.15, 0.2) is 5.82 Å². The van der Waals surface area contributed by atoms with E-state index < -0.39 is 6.09 Å². The molecule has 2 heterocycles. The van der Waals surface area contributed by atoms with Crippen molar-refractivity contribution in [3.8, 4) is 17.0 Å². The van der Waals surface area contributed by atoms with E-state index in [1.54, 1.807) is 26.3 Å². The van der Waals surface area contributed by atoms with Gasteiger partial charge in [0, 0.05) is 11.6 Å². The van der Waals surface area contributed by atoms with Crippen molar-refractivity contribution in [3.05, 3.63) is 36.5 Å². The molecule has 3 rings (SSSR count). The highest BCUT2D eigenvalue weighted by atomic mass is 16.5. The molecule has 1 amide bonds. The molecule has 0 atom stereocenters. The summed E-state index contributed by atoms with van der Waals surface area (Å²) in [6.45, 7) is 1.98. The van der Waals surface area contributed by atoms with Crippen molar-refractivity contribution in [2.24, 2.45) is 0 Å². The topological polar surface area (TPSA) is 112 Å². The SMILES string of the molecule is CCOC(=O)Nc1cc2ncc(-c3ccc(OC)cc3)nc2c(N)n1. The number of nitrogen functional groups attached to an aromatic ring is 1. The molecule has 0 fully saturated rings. The highest BCUT2D eigenvalue weighted by Gasteiger charge is 2.11. The predicted molar refractivity (Wildman–Crippen MR) is 94.4 cm³/mol. The summed E-state index contributed by atoms with van der Waals surface area (Å²) in [6, 6.07) is 9.04. The zero-order valence-corrected chi connectivity index (χ0v) is 13.8. The van der Waals surface area contributed by atoms with Crippen LogP contribution in [0.3, 0.4) is 0 Å². The van der Waals surface area contributed by atoms with E-state index >= 15 is 0 Å². The molecule has 1 aromatic carbocycles. The van der Waals surface area contributed by atoms with Gasteiger partial charge in [-0.1, -0.05) is 0 Å². The van der Waals surface area contributed by atoms with Crippen LogP contribution in [0.5, 0.6) is 5.75 Å². The minimum absolute atomic E-state index is 0.173. The first kappa shape index (κ1) is 16.4. The van der Waals surface area contributed by atoms with E-state index in [2.05, 4.69) is 20.3 Å². The Balaban J connectivity index is 1.95. The summed E-state index contributed by atoms with van der Waals surface area (Å²) in [5.74, 6) is 1.19. The summed E-state index contributed by atoms with van der Waals surface area (Å²) in [5, 5.41) is 2.50. The van der Waals surface area contributed by atoms with Gasteiger partial charge in [-0.3, -0.25) is 10.3 Å². The standard InChI is InChI=1S/C17H17N5O3/c1-3-25-17(23)22-14-8-12-15(16(18)21-14)20-13(9-19-12)10-4-6-11(24-2)7-5-10/h4-9H,3H2,1-2H3,(H3,18,21,22,23). The maximum atomic E-state index is 11.5. The molecule has 2 aromatic heterocycles. The largest absolute Gasteiger partial charge is 0.497 e. The molecule has 0 aliphatic heterocycles. The van der Waals surface area contributed by atoms with Crippen LogP contribution in [-0.2, 0) is 4.74 Å². The van der Waals surface area contributed by atoms with Crippen molar-refractivity contribution in [3.63, 3.8) is 0 Å². The van der Waals surface area contributed by atoms with Gasteiger partial charge in [0.25, 0.3) is 0 Å². The molecule has 0 aliphatic carbocycles.